The van der Waals surface area contributed by atoms with Gasteiger partial charge in [-0.2, -0.15) is 0 Å². The van der Waals surface area contributed by atoms with Crippen molar-refractivity contribution in [3.63, 3.8) is 0 Å². The highest BCUT2D eigenvalue weighted by Crippen LogP contribution is 2.37. The zero-order valence-corrected chi connectivity index (χ0v) is 11.3. The molecule has 2 atom stereocenters. The normalized spacial score (nSPS) is 21.8. The molecule has 1 amide bonds. The van der Waals surface area contributed by atoms with Gasteiger partial charge in [-0.1, -0.05) is 12.1 Å². The molecule has 0 aromatic heterocycles. The van der Waals surface area contributed by atoms with Crippen molar-refractivity contribution in [3.05, 3.63) is 29.8 Å². The van der Waals surface area contributed by atoms with Gasteiger partial charge in [-0.15, -0.1) is 0 Å². The lowest BCUT2D eigenvalue weighted by atomic mass is 10.0. The molecule has 1 aromatic rings. The summed E-state index contributed by atoms with van der Waals surface area (Å²) in [7, 11) is 1.31. The summed E-state index contributed by atoms with van der Waals surface area (Å²) in [5, 5.41) is 9.32. The monoisotopic (exact) mass is 278 g/mol. The number of phenolic OH excluding ortho intramolecular Hbond substituents is 1. The van der Waals surface area contributed by atoms with Crippen LogP contribution >= 0.6 is 0 Å². The van der Waals surface area contributed by atoms with Gasteiger partial charge in [-0.05, 0) is 30.5 Å². The van der Waals surface area contributed by atoms with E-state index in [0.29, 0.717) is 12.8 Å². The van der Waals surface area contributed by atoms with Crippen molar-refractivity contribution in [2.24, 2.45) is 5.73 Å². The fourth-order valence-electron chi connectivity index (χ4n) is 2.66. The first-order valence-electron chi connectivity index (χ1n) is 6.46. The highest BCUT2D eigenvalue weighted by atomic mass is 16.5. The number of carbonyl (C=O) groups excluding carboxylic acids is 2. The minimum Gasteiger partial charge on any atom is -0.508 e. The van der Waals surface area contributed by atoms with Crippen molar-refractivity contribution in [2.45, 2.75) is 24.9 Å². The summed E-state index contributed by atoms with van der Waals surface area (Å²) in [6.07, 6.45) is 1.21. The molecule has 1 heterocycles. The number of rotatable bonds is 3. The third kappa shape index (κ3) is 2.60. The van der Waals surface area contributed by atoms with E-state index in [-0.39, 0.29) is 24.2 Å². The number of nitrogens with two attached hydrogens (primary N) is 1. The van der Waals surface area contributed by atoms with Gasteiger partial charge in [0.05, 0.1) is 19.7 Å². The van der Waals surface area contributed by atoms with E-state index in [0.717, 1.165) is 5.56 Å². The van der Waals surface area contributed by atoms with E-state index in [2.05, 4.69) is 0 Å². The van der Waals surface area contributed by atoms with E-state index >= 15 is 0 Å². The second kappa shape index (κ2) is 5.92. The van der Waals surface area contributed by atoms with Crippen LogP contribution < -0.4 is 5.73 Å². The van der Waals surface area contributed by atoms with Crippen molar-refractivity contribution in [3.8, 4) is 5.75 Å². The lowest BCUT2D eigenvalue weighted by molar-refractivity contribution is -0.151. The first-order valence-corrected chi connectivity index (χ1v) is 6.46. The van der Waals surface area contributed by atoms with Gasteiger partial charge in [0, 0.05) is 0 Å². The largest absolute Gasteiger partial charge is 0.508 e. The maximum Gasteiger partial charge on any atom is 0.328 e. The number of hydrogen-bond donors (Lipinski definition) is 2. The fraction of sp³-hybridized carbons (Fsp3) is 0.429. The number of benzene rings is 1. The van der Waals surface area contributed by atoms with Gasteiger partial charge in [0.15, 0.2) is 0 Å². The number of phenols is 1. The van der Waals surface area contributed by atoms with Crippen LogP contribution in [0, 0.1) is 0 Å². The van der Waals surface area contributed by atoms with Crippen molar-refractivity contribution in [2.75, 3.05) is 13.7 Å². The number of carbonyl (C=O) groups is 2. The molecule has 108 valence electrons. The molecule has 1 saturated heterocycles. The van der Waals surface area contributed by atoms with Crippen LogP contribution in [0.5, 0.6) is 5.75 Å². The molecule has 0 bridgehead atoms. The minimum absolute atomic E-state index is 0.151. The first-order chi connectivity index (χ1) is 9.58. The van der Waals surface area contributed by atoms with E-state index in [4.69, 9.17) is 10.5 Å². The average Bonchev–Trinajstić information content (AvgIpc) is 2.91. The number of amides is 1. The van der Waals surface area contributed by atoms with Gasteiger partial charge in [-0.25, -0.2) is 4.79 Å². The van der Waals surface area contributed by atoms with Crippen LogP contribution in [-0.2, 0) is 14.3 Å². The highest BCUT2D eigenvalue weighted by molar-refractivity contribution is 5.86. The summed E-state index contributed by atoms with van der Waals surface area (Å²) in [6, 6.07) is 5.82. The Morgan fingerprint density at radius 1 is 1.35 bits per heavy atom. The maximum atomic E-state index is 12.0. The number of methoxy groups -OCH3 is 1. The van der Waals surface area contributed by atoms with Crippen LogP contribution in [-0.4, -0.2) is 41.6 Å². The van der Waals surface area contributed by atoms with Gasteiger partial charge in [-0.3, -0.25) is 4.79 Å². The molecular formula is C14H18N2O4. The van der Waals surface area contributed by atoms with Crippen molar-refractivity contribution in [1.29, 1.82) is 0 Å². The molecule has 1 aliphatic rings. The number of hydrogen-bond acceptors (Lipinski definition) is 5. The molecule has 0 radical (unpaired) electrons. The number of aromatic hydroxyl groups is 1. The van der Waals surface area contributed by atoms with Crippen molar-refractivity contribution in [1.82, 2.24) is 4.90 Å². The predicted octanol–water partition coefficient (Wildman–Crippen LogP) is 0.556. The topological polar surface area (TPSA) is 92.9 Å². The molecule has 6 nitrogen and oxygen atoms in total. The van der Waals surface area contributed by atoms with Gasteiger partial charge < -0.3 is 20.5 Å². The van der Waals surface area contributed by atoms with Crippen LogP contribution in [0.4, 0.5) is 0 Å². The Morgan fingerprint density at radius 2 is 2.00 bits per heavy atom. The Morgan fingerprint density at radius 3 is 2.55 bits per heavy atom. The summed E-state index contributed by atoms with van der Waals surface area (Å²) >= 11 is 0. The molecule has 2 rings (SSSR count). The molecule has 0 saturated carbocycles. The summed E-state index contributed by atoms with van der Waals surface area (Å²) < 4.78 is 4.75. The SMILES string of the molecule is COC(=O)[C@@H]1CCC(c2ccc(O)cc2)N1C(=O)CN. The lowest BCUT2D eigenvalue weighted by Gasteiger charge is -2.29. The molecule has 6 heteroatoms. The van der Waals surface area contributed by atoms with E-state index in [9.17, 15) is 14.7 Å². The average molecular weight is 278 g/mol. The molecular weight excluding hydrogens is 260 g/mol. The third-order valence-electron chi connectivity index (χ3n) is 3.60. The first kappa shape index (κ1) is 14.3. The van der Waals surface area contributed by atoms with E-state index in [1.165, 1.54) is 12.0 Å². The number of esters is 1. The molecule has 1 aromatic carbocycles. The van der Waals surface area contributed by atoms with Crippen LogP contribution in [0.15, 0.2) is 24.3 Å². The molecule has 0 spiro atoms. The smallest absolute Gasteiger partial charge is 0.328 e. The Balaban J connectivity index is 2.30. The zero-order valence-electron chi connectivity index (χ0n) is 11.3. The fourth-order valence-corrected chi connectivity index (χ4v) is 2.66. The van der Waals surface area contributed by atoms with Gasteiger partial charge >= 0.3 is 5.97 Å². The summed E-state index contributed by atoms with van der Waals surface area (Å²) in [4.78, 5) is 25.3. The Kier molecular flexibility index (Phi) is 4.24. The quantitative estimate of drug-likeness (QED) is 0.788. The molecule has 1 fully saturated rings. The van der Waals surface area contributed by atoms with Crippen LogP contribution in [0.25, 0.3) is 0 Å². The summed E-state index contributed by atoms with van der Waals surface area (Å²) in [5.41, 5.74) is 6.31. The summed E-state index contributed by atoms with van der Waals surface area (Å²) in [5.74, 6) is -0.544. The number of nitrogens with zero attached hydrogens (tertiary/aromatic N) is 1. The lowest BCUT2D eigenvalue weighted by Crippen LogP contribution is -2.45. The second-order valence-electron chi connectivity index (χ2n) is 4.73. The third-order valence-corrected chi connectivity index (χ3v) is 3.60. The predicted molar refractivity (Wildman–Crippen MR) is 71.8 cm³/mol. The van der Waals surface area contributed by atoms with Crippen LogP contribution in [0.1, 0.15) is 24.4 Å². The molecule has 20 heavy (non-hydrogen) atoms. The van der Waals surface area contributed by atoms with E-state index < -0.39 is 12.0 Å². The molecule has 1 unspecified atom stereocenters. The Labute approximate surface area is 117 Å². The van der Waals surface area contributed by atoms with E-state index in [1.54, 1.807) is 24.3 Å². The zero-order chi connectivity index (χ0) is 14.7. The minimum atomic E-state index is -0.588. The summed E-state index contributed by atoms with van der Waals surface area (Å²) in [6.45, 7) is -0.151. The van der Waals surface area contributed by atoms with Crippen LogP contribution in [0.3, 0.4) is 0 Å². The van der Waals surface area contributed by atoms with Gasteiger partial charge in [0.1, 0.15) is 11.8 Å². The second-order valence-corrected chi connectivity index (χ2v) is 4.73. The van der Waals surface area contributed by atoms with Crippen LogP contribution in [0.2, 0.25) is 0 Å². The van der Waals surface area contributed by atoms with E-state index in [1.807, 2.05) is 0 Å². The van der Waals surface area contributed by atoms with Gasteiger partial charge in [0.2, 0.25) is 5.91 Å². The van der Waals surface area contributed by atoms with Gasteiger partial charge in [0.25, 0.3) is 0 Å². The maximum absolute atomic E-state index is 12.0. The highest BCUT2D eigenvalue weighted by Gasteiger charge is 2.41. The van der Waals surface area contributed by atoms with Crippen molar-refractivity contribution < 1.29 is 19.4 Å². The van der Waals surface area contributed by atoms with Crippen molar-refractivity contribution >= 4 is 11.9 Å². The molecule has 0 aliphatic carbocycles. The standard InChI is InChI=1S/C14H18N2O4/c1-20-14(19)12-7-6-11(16(12)13(18)8-15)9-2-4-10(17)5-3-9/h2-5,11-12,17H,6-8,15H2,1H3/t11?,12-/m0/s1. The molecule has 1 aliphatic heterocycles. The number of ether oxygens (including phenoxy) is 1. The Bertz CT molecular complexity index is 500. The number of likely N-dealkylation sites (tertiary alicyclic amines) is 1. The Hall–Kier alpha value is -2.08. The molecule has 3 N–H and O–H groups in total.